The van der Waals surface area contributed by atoms with Crippen molar-refractivity contribution < 1.29 is 9.53 Å². The van der Waals surface area contributed by atoms with Crippen LogP contribution in [0.25, 0.3) is 0 Å². The Labute approximate surface area is 113 Å². The number of carbonyl (C=O) groups is 1. The van der Waals surface area contributed by atoms with E-state index in [0.29, 0.717) is 11.8 Å². The van der Waals surface area contributed by atoms with Crippen LogP contribution in [0.3, 0.4) is 0 Å². The molecule has 1 aliphatic heterocycles. The molecule has 2 bridgehead atoms. The summed E-state index contributed by atoms with van der Waals surface area (Å²) in [5.74, 6) is 1.50. The van der Waals surface area contributed by atoms with Gasteiger partial charge in [0.15, 0.2) is 0 Å². The van der Waals surface area contributed by atoms with E-state index in [9.17, 15) is 10.1 Å². The first-order valence-corrected chi connectivity index (χ1v) is 7.01. The molecule has 0 aromatic heterocycles. The van der Waals surface area contributed by atoms with Gasteiger partial charge >= 0.3 is 6.09 Å². The molecule has 104 valence electrons. The Morgan fingerprint density at radius 3 is 2.84 bits per heavy atom. The summed E-state index contributed by atoms with van der Waals surface area (Å²) >= 11 is 0. The van der Waals surface area contributed by atoms with Gasteiger partial charge in [-0.1, -0.05) is 0 Å². The normalized spacial score (nSPS) is 43.1. The lowest BCUT2D eigenvalue weighted by molar-refractivity contribution is 0.0436. The van der Waals surface area contributed by atoms with Crippen molar-refractivity contribution in [3.05, 3.63) is 0 Å². The van der Waals surface area contributed by atoms with E-state index in [1.807, 2.05) is 20.8 Å². The zero-order valence-electron chi connectivity index (χ0n) is 11.7. The van der Waals surface area contributed by atoms with Crippen LogP contribution in [0.2, 0.25) is 0 Å². The maximum absolute atomic E-state index is 12.0. The summed E-state index contributed by atoms with van der Waals surface area (Å²) in [6, 6.07) is 2.47. The second kappa shape index (κ2) is 3.86. The van der Waals surface area contributed by atoms with Crippen molar-refractivity contribution in [2.24, 2.45) is 17.8 Å². The Morgan fingerprint density at radius 1 is 1.47 bits per heavy atom. The molecule has 3 rings (SSSR count). The van der Waals surface area contributed by atoms with Gasteiger partial charge in [0.2, 0.25) is 0 Å². The minimum atomic E-state index is -0.778. The molecule has 5 unspecified atom stereocenters. The van der Waals surface area contributed by atoms with E-state index in [0.717, 1.165) is 19.4 Å². The van der Waals surface area contributed by atoms with Crippen molar-refractivity contribution in [2.75, 3.05) is 6.54 Å². The SMILES string of the molecule is CC(C)(C)OC(=O)NC1(C#N)C2CC3CNC1C3C2. The zero-order valence-corrected chi connectivity index (χ0v) is 11.7. The first kappa shape index (κ1) is 12.7. The summed E-state index contributed by atoms with van der Waals surface area (Å²) in [6.07, 6.45) is 1.61. The predicted molar refractivity (Wildman–Crippen MR) is 69.2 cm³/mol. The lowest BCUT2D eigenvalue weighted by Gasteiger charge is -2.37. The van der Waals surface area contributed by atoms with Crippen LogP contribution in [0.4, 0.5) is 4.79 Å². The minimum Gasteiger partial charge on any atom is -0.444 e. The van der Waals surface area contributed by atoms with Crippen molar-refractivity contribution >= 4 is 6.09 Å². The fourth-order valence-corrected chi connectivity index (χ4v) is 4.20. The van der Waals surface area contributed by atoms with Crippen molar-refractivity contribution in [1.82, 2.24) is 10.6 Å². The van der Waals surface area contributed by atoms with E-state index >= 15 is 0 Å². The quantitative estimate of drug-likeness (QED) is 0.750. The number of amides is 1. The monoisotopic (exact) mass is 263 g/mol. The van der Waals surface area contributed by atoms with Crippen LogP contribution in [-0.4, -0.2) is 29.8 Å². The number of alkyl carbamates (subject to hydrolysis) is 1. The molecule has 0 aromatic carbocycles. The second-order valence-electron chi connectivity index (χ2n) is 7.09. The lowest BCUT2D eigenvalue weighted by atomic mass is 9.76. The molecule has 5 atom stereocenters. The van der Waals surface area contributed by atoms with Gasteiger partial charge in [0.1, 0.15) is 11.1 Å². The number of nitrogens with one attached hydrogen (secondary N) is 2. The number of hydrogen-bond donors (Lipinski definition) is 2. The van der Waals surface area contributed by atoms with Crippen LogP contribution in [0.15, 0.2) is 0 Å². The van der Waals surface area contributed by atoms with Crippen LogP contribution >= 0.6 is 0 Å². The molecular formula is C14H21N3O2. The summed E-state index contributed by atoms with van der Waals surface area (Å²) in [5.41, 5.74) is -1.32. The molecule has 19 heavy (non-hydrogen) atoms. The molecule has 1 amide bonds. The summed E-state index contributed by atoms with van der Waals surface area (Å²) in [4.78, 5) is 12.0. The number of ether oxygens (including phenoxy) is 1. The maximum Gasteiger partial charge on any atom is 0.408 e. The molecule has 2 aliphatic carbocycles. The van der Waals surface area contributed by atoms with E-state index in [2.05, 4.69) is 16.7 Å². The molecule has 5 heteroatoms. The molecule has 0 radical (unpaired) electrons. The molecule has 0 aromatic rings. The fraction of sp³-hybridized carbons (Fsp3) is 0.857. The molecule has 1 saturated heterocycles. The predicted octanol–water partition coefficient (Wildman–Crippen LogP) is 1.40. The van der Waals surface area contributed by atoms with E-state index in [4.69, 9.17) is 4.74 Å². The highest BCUT2D eigenvalue weighted by atomic mass is 16.6. The molecular weight excluding hydrogens is 242 g/mol. The zero-order chi connectivity index (χ0) is 13.8. The molecule has 3 aliphatic rings. The summed E-state index contributed by atoms with van der Waals surface area (Å²) in [5, 5.41) is 15.9. The van der Waals surface area contributed by atoms with Gasteiger partial charge in [-0.25, -0.2) is 4.79 Å². The van der Waals surface area contributed by atoms with Crippen LogP contribution < -0.4 is 10.6 Å². The van der Waals surface area contributed by atoms with Gasteiger partial charge in [-0.05, 0) is 57.9 Å². The van der Waals surface area contributed by atoms with Crippen molar-refractivity contribution in [2.45, 2.75) is 50.8 Å². The van der Waals surface area contributed by atoms with Crippen LogP contribution in [0, 0.1) is 29.1 Å². The van der Waals surface area contributed by atoms with Gasteiger partial charge in [-0.2, -0.15) is 5.26 Å². The number of nitriles is 1. The smallest absolute Gasteiger partial charge is 0.408 e. The molecule has 2 N–H and O–H groups in total. The van der Waals surface area contributed by atoms with Crippen molar-refractivity contribution in [3.8, 4) is 6.07 Å². The average Bonchev–Trinajstić information content (AvgIpc) is 2.86. The first-order valence-electron chi connectivity index (χ1n) is 7.01. The van der Waals surface area contributed by atoms with Crippen molar-refractivity contribution in [1.29, 1.82) is 5.26 Å². The van der Waals surface area contributed by atoms with Gasteiger partial charge in [-0.3, -0.25) is 0 Å². The number of rotatable bonds is 1. The summed E-state index contributed by atoms with van der Waals surface area (Å²) < 4.78 is 5.31. The van der Waals surface area contributed by atoms with Gasteiger partial charge in [0, 0.05) is 6.04 Å². The topological polar surface area (TPSA) is 74.1 Å². The lowest BCUT2D eigenvalue weighted by Crippen LogP contribution is -2.61. The maximum atomic E-state index is 12.0. The molecule has 1 heterocycles. The van der Waals surface area contributed by atoms with Gasteiger partial charge in [0.25, 0.3) is 0 Å². The van der Waals surface area contributed by atoms with E-state index in [-0.39, 0.29) is 12.0 Å². The minimum absolute atomic E-state index is 0.0915. The highest BCUT2D eigenvalue weighted by Crippen LogP contribution is 2.56. The summed E-state index contributed by atoms with van der Waals surface area (Å²) in [7, 11) is 0. The molecule has 0 spiro atoms. The van der Waals surface area contributed by atoms with Crippen LogP contribution in [0.5, 0.6) is 0 Å². The second-order valence-corrected chi connectivity index (χ2v) is 7.09. The third-order valence-electron chi connectivity index (χ3n) is 4.80. The first-order chi connectivity index (χ1) is 8.86. The van der Waals surface area contributed by atoms with Crippen LogP contribution in [0.1, 0.15) is 33.6 Å². The van der Waals surface area contributed by atoms with Crippen LogP contribution in [-0.2, 0) is 4.74 Å². The van der Waals surface area contributed by atoms with E-state index in [1.165, 1.54) is 0 Å². The van der Waals surface area contributed by atoms with Gasteiger partial charge in [0.05, 0.1) is 6.07 Å². The number of carbonyl (C=O) groups excluding carboxylic acids is 1. The summed E-state index contributed by atoms with van der Waals surface area (Å²) in [6.45, 7) is 6.47. The van der Waals surface area contributed by atoms with E-state index < -0.39 is 17.2 Å². The number of fused-ring (bicyclic) bond motifs is 1. The standard InChI is InChI=1S/C14H21N3O2/c1-13(2,3)19-12(18)17-14(7-15)9-4-8-6-16-11(14)10(8)5-9/h8-11,16H,4-6H2,1-3H3,(H,17,18). The highest BCUT2D eigenvalue weighted by molar-refractivity contribution is 5.70. The van der Waals surface area contributed by atoms with Gasteiger partial charge in [-0.15, -0.1) is 0 Å². The van der Waals surface area contributed by atoms with Crippen molar-refractivity contribution in [3.63, 3.8) is 0 Å². The Bertz CT molecular complexity index is 449. The average molecular weight is 263 g/mol. The van der Waals surface area contributed by atoms with Gasteiger partial charge < -0.3 is 15.4 Å². The number of nitrogens with zero attached hydrogens (tertiary/aromatic N) is 1. The Balaban J connectivity index is 1.79. The Kier molecular flexibility index (Phi) is 2.59. The molecule has 2 saturated carbocycles. The fourth-order valence-electron chi connectivity index (χ4n) is 4.20. The Morgan fingerprint density at radius 2 is 2.21 bits per heavy atom. The number of hydrogen-bond acceptors (Lipinski definition) is 4. The third kappa shape index (κ3) is 1.81. The molecule has 5 nitrogen and oxygen atoms in total. The largest absolute Gasteiger partial charge is 0.444 e. The third-order valence-corrected chi connectivity index (χ3v) is 4.80. The Hall–Kier alpha value is -1.28. The molecule has 3 fully saturated rings. The van der Waals surface area contributed by atoms with E-state index in [1.54, 1.807) is 0 Å². The highest BCUT2D eigenvalue weighted by Gasteiger charge is 2.65.